The average Bonchev–Trinajstić information content (AvgIpc) is 3.46. The number of aromatic amines is 1. The molecule has 5 unspecified atom stereocenters. The van der Waals surface area contributed by atoms with Crippen LogP contribution in [-0.2, 0) is 30.4 Å². The molecule has 0 bridgehead atoms. The van der Waals surface area contributed by atoms with E-state index in [-0.39, 0.29) is 19.4 Å². The van der Waals surface area contributed by atoms with Crippen LogP contribution >= 0.6 is 0 Å². The molecule has 1 aliphatic rings. The lowest BCUT2D eigenvalue weighted by Crippen LogP contribution is -2.58. The fraction of sp³-hybridized carbons (Fsp3) is 0.600. The number of carboxylic acid groups (broad SMARTS) is 2. The van der Waals surface area contributed by atoms with E-state index in [0.29, 0.717) is 18.5 Å². The van der Waals surface area contributed by atoms with Gasteiger partial charge in [0.25, 0.3) is 0 Å². The predicted octanol–water partition coefficient (Wildman–Crippen LogP) is -2.43. The van der Waals surface area contributed by atoms with Crippen molar-refractivity contribution in [2.24, 2.45) is 5.73 Å². The summed E-state index contributed by atoms with van der Waals surface area (Å²) < 4.78 is 0. The van der Waals surface area contributed by atoms with Gasteiger partial charge in [0.2, 0.25) is 17.7 Å². The first-order valence-electron chi connectivity index (χ1n) is 10.8. The van der Waals surface area contributed by atoms with Crippen molar-refractivity contribution >= 4 is 29.7 Å². The number of aliphatic hydroxyl groups is 1. The van der Waals surface area contributed by atoms with Crippen molar-refractivity contribution in [1.82, 2.24) is 25.5 Å². The molecule has 5 atom stereocenters. The first kappa shape index (κ1) is 26.7. The van der Waals surface area contributed by atoms with Crippen molar-refractivity contribution in [2.75, 3.05) is 6.54 Å². The van der Waals surface area contributed by atoms with Crippen molar-refractivity contribution in [1.29, 1.82) is 0 Å². The molecule has 0 aliphatic carbocycles. The van der Waals surface area contributed by atoms with Crippen LogP contribution in [0, 0.1) is 0 Å². The summed E-state index contributed by atoms with van der Waals surface area (Å²) in [7, 11) is 0. The van der Waals surface area contributed by atoms with Gasteiger partial charge in [-0.2, -0.15) is 0 Å². The van der Waals surface area contributed by atoms with Crippen molar-refractivity contribution in [3.05, 3.63) is 18.2 Å². The molecule has 1 saturated heterocycles. The van der Waals surface area contributed by atoms with Gasteiger partial charge in [-0.05, 0) is 26.2 Å². The topological polar surface area (TPSA) is 228 Å². The normalized spacial score (nSPS) is 19.0. The molecule has 8 N–H and O–H groups in total. The van der Waals surface area contributed by atoms with Gasteiger partial charge in [0.15, 0.2) is 0 Å². The van der Waals surface area contributed by atoms with Gasteiger partial charge < -0.3 is 41.6 Å². The fourth-order valence-corrected chi connectivity index (χ4v) is 3.59. The van der Waals surface area contributed by atoms with E-state index in [4.69, 9.17) is 10.8 Å². The number of likely N-dealkylation sites (tertiary alicyclic amines) is 1. The number of amides is 3. The first-order chi connectivity index (χ1) is 16.0. The number of aliphatic carboxylic acids is 2. The van der Waals surface area contributed by atoms with E-state index in [1.807, 2.05) is 0 Å². The van der Waals surface area contributed by atoms with Gasteiger partial charge in [-0.25, -0.2) is 9.78 Å². The Bertz CT molecular complexity index is 890. The second-order valence-electron chi connectivity index (χ2n) is 8.13. The number of carboxylic acids is 2. The maximum Gasteiger partial charge on any atom is 0.326 e. The summed E-state index contributed by atoms with van der Waals surface area (Å²) in [6.07, 6.45) is 1.64. The Hall–Kier alpha value is -3.52. The molecule has 34 heavy (non-hydrogen) atoms. The number of rotatable bonds is 12. The van der Waals surface area contributed by atoms with E-state index in [0.717, 1.165) is 0 Å². The van der Waals surface area contributed by atoms with Gasteiger partial charge in [-0.15, -0.1) is 0 Å². The highest BCUT2D eigenvalue weighted by molar-refractivity contribution is 5.94. The summed E-state index contributed by atoms with van der Waals surface area (Å²) in [5.41, 5.74) is 6.21. The van der Waals surface area contributed by atoms with Gasteiger partial charge in [0, 0.05) is 31.3 Å². The Kier molecular flexibility index (Phi) is 9.50. The zero-order chi connectivity index (χ0) is 25.4. The minimum Gasteiger partial charge on any atom is -0.481 e. The van der Waals surface area contributed by atoms with Crippen LogP contribution in [0.4, 0.5) is 0 Å². The van der Waals surface area contributed by atoms with E-state index >= 15 is 0 Å². The lowest BCUT2D eigenvalue weighted by atomic mass is 10.1. The molecule has 0 saturated carbocycles. The number of hydrogen-bond acceptors (Lipinski definition) is 8. The second-order valence-corrected chi connectivity index (χ2v) is 8.13. The minimum atomic E-state index is -1.47. The lowest BCUT2D eigenvalue weighted by molar-refractivity contribution is -0.144. The molecule has 14 heteroatoms. The smallest absolute Gasteiger partial charge is 0.326 e. The zero-order valence-corrected chi connectivity index (χ0v) is 18.6. The van der Waals surface area contributed by atoms with Gasteiger partial charge in [0.1, 0.15) is 24.2 Å². The molecule has 0 spiro atoms. The van der Waals surface area contributed by atoms with Crippen LogP contribution in [0.2, 0.25) is 0 Å². The summed E-state index contributed by atoms with van der Waals surface area (Å²) in [6.45, 7) is 1.62. The molecule has 1 aliphatic heterocycles. The highest BCUT2D eigenvalue weighted by Crippen LogP contribution is 2.19. The Morgan fingerprint density at radius 3 is 2.50 bits per heavy atom. The zero-order valence-electron chi connectivity index (χ0n) is 18.6. The van der Waals surface area contributed by atoms with Gasteiger partial charge in [-0.1, -0.05) is 0 Å². The molecule has 0 radical (unpaired) electrons. The summed E-state index contributed by atoms with van der Waals surface area (Å²) in [5, 5.41) is 32.6. The van der Waals surface area contributed by atoms with Gasteiger partial charge in [0.05, 0.1) is 12.4 Å². The summed E-state index contributed by atoms with van der Waals surface area (Å²) in [6, 6.07) is -4.83. The number of nitrogens with one attached hydrogen (secondary N) is 3. The molecule has 1 fully saturated rings. The highest BCUT2D eigenvalue weighted by atomic mass is 16.4. The molecule has 14 nitrogen and oxygen atoms in total. The Morgan fingerprint density at radius 2 is 1.94 bits per heavy atom. The van der Waals surface area contributed by atoms with E-state index in [1.165, 1.54) is 24.3 Å². The van der Waals surface area contributed by atoms with E-state index in [1.54, 1.807) is 0 Å². The van der Waals surface area contributed by atoms with Crippen LogP contribution in [0.15, 0.2) is 12.5 Å². The summed E-state index contributed by atoms with van der Waals surface area (Å²) in [5.74, 6) is -4.70. The van der Waals surface area contributed by atoms with Crippen molar-refractivity contribution < 1.29 is 39.3 Å². The number of hydrogen-bond donors (Lipinski definition) is 7. The van der Waals surface area contributed by atoms with Crippen molar-refractivity contribution in [2.45, 2.75) is 69.3 Å². The van der Waals surface area contributed by atoms with E-state index in [9.17, 15) is 34.2 Å². The molecule has 2 heterocycles. The van der Waals surface area contributed by atoms with Crippen LogP contribution in [0.5, 0.6) is 0 Å². The Morgan fingerprint density at radius 1 is 1.24 bits per heavy atom. The summed E-state index contributed by atoms with van der Waals surface area (Å²) >= 11 is 0. The molecule has 2 rings (SSSR count). The number of carbonyl (C=O) groups excluding carboxylic acids is 3. The quantitative estimate of drug-likeness (QED) is 0.166. The van der Waals surface area contributed by atoms with Gasteiger partial charge in [-0.3, -0.25) is 19.2 Å². The third kappa shape index (κ3) is 7.25. The Labute approximate surface area is 194 Å². The lowest BCUT2D eigenvalue weighted by Gasteiger charge is -2.29. The number of H-pyrrole nitrogens is 1. The van der Waals surface area contributed by atoms with Crippen LogP contribution < -0.4 is 16.4 Å². The number of carbonyl (C=O) groups is 5. The molecule has 188 valence electrons. The van der Waals surface area contributed by atoms with Crippen LogP contribution in [0.25, 0.3) is 0 Å². The average molecular weight is 482 g/mol. The number of imidazole rings is 1. The minimum absolute atomic E-state index is 0.0588. The molecule has 1 aromatic rings. The third-order valence-corrected chi connectivity index (χ3v) is 5.52. The van der Waals surface area contributed by atoms with Crippen LogP contribution in [0.3, 0.4) is 0 Å². The first-order valence-corrected chi connectivity index (χ1v) is 10.8. The maximum atomic E-state index is 13.0. The third-order valence-electron chi connectivity index (χ3n) is 5.52. The highest BCUT2D eigenvalue weighted by Gasteiger charge is 2.39. The van der Waals surface area contributed by atoms with Gasteiger partial charge >= 0.3 is 11.9 Å². The number of aromatic nitrogens is 2. The molecule has 3 amide bonds. The predicted molar refractivity (Wildman–Crippen MR) is 115 cm³/mol. The SMILES string of the molecule is CC(O)C(N)C(=O)N1CCCC1C(=O)NC(Cc1cnc[nH]1)C(=O)NC(CCC(=O)O)C(=O)O. The second kappa shape index (κ2) is 12.1. The molecular formula is C20H30N6O8. The largest absolute Gasteiger partial charge is 0.481 e. The maximum absolute atomic E-state index is 13.0. The number of aliphatic hydroxyl groups excluding tert-OH is 1. The molecule has 0 aromatic carbocycles. The van der Waals surface area contributed by atoms with Crippen LogP contribution in [-0.4, -0.2) is 96.7 Å². The van der Waals surface area contributed by atoms with E-state index in [2.05, 4.69) is 20.6 Å². The summed E-state index contributed by atoms with van der Waals surface area (Å²) in [4.78, 5) is 68.6. The molecule has 1 aromatic heterocycles. The number of nitrogens with two attached hydrogens (primary N) is 1. The van der Waals surface area contributed by atoms with E-state index < -0.39 is 66.4 Å². The number of nitrogens with zero attached hydrogens (tertiary/aromatic N) is 2. The Balaban J connectivity index is 2.16. The molecular weight excluding hydrogens is 452 g/mol. The van der Waals surface area contributed by atoms with Crippen molar-refractivity contribution in [3.8, 4) is 0 Å². The monoisotopic (exact) mass is 482 g/mol. The fourth-order valence-electron chi connectivity index (χ4n) is 3.59. The van der Waals surface area contributed by atoms with Crippen molar-refractivity contribution in [3.63, 3.8) is 0 Å². The standard InChI is InChI=1S/C20H30N6O8/c1-10(27)16(21)19(32)26-6-2-3-14(26)18(31)25-13(7-11-8-22-9-23-11)17(30)24-12(20(33)34)4-5-15(28)29/h8-10,12-14,16,27H,2-7,21H2,1H3,(H,22,23)(H,24,30)(H,25,31)(H,28,29)(H,33,34). The van der Waals surface area contributed by atoms with Crippen LogP contribution in [0.1, 0.15) is 38.3 Å².